The number of carbonyl (C=O) groups is 3. The summed E-state index contributed by atoms with van der Waals surface area (Å²) < 4.78 is 0. The summed E-state index contributed by atoms with van der Waals surface area (Å²) in [5.74, 6) is -2.49. The van der Waals surface area contributed by atoms with Crippen molar-refractivity contribution < 1.29 is 14.4 Å². The minimum Gasteiger partial charge on any atom is -0.353 e. The molecule has 3 aromatic rings. The molecule has 0 aliphatic carbocycles. The first-order valence-electron chi connectivity index (χ1n) is 11.8. The molecule has 36 heavy (non-hydrogen) atoms. The normalized spacial score (nSPS) is 23.1. The molecule has 5 N–H and O–H groups in total. The lowest BCUT2D eigenvalue weighted by atomic mass is 9.81. The second-order valence-electron chi connectivity index (χ2n) is 8.90. The minimum atomic E-state index is -0.814. The van der Waals surface area contributed by atoms with Gasteiger partial charge in [-0.3, -0.25) is 19.7 Å². The van der Waals surface area contributed by atoms with Gasteiger partial charge in [0.1, 0.15) is 0 Å². The third-order valence-electron chi connectivity index (χ3n) is 6.27. The summed E-state index contributed by atoms with van der Waals surface area (Å²) in [6.07, 6.45) is -1.33. The largest absolute Gasteiger partial charge is 0.353 e. The van der Waals surface area contributed by atoms with Crippen LogP contribution in [0.4, 0.5) is 11.4 Å². The predicted molar refractivity (Wildman–Crippen MR) is 139 cm³/mol. The molecule has 2 saturated heterocycles. The van der Waals surface area contributed by atoms with Gasteiger partial charge in [-0.1, -0.05) is 59.8 Å². The van der Waals surface area contributed by atoms with Crippen molar-refractivity contribution in [2.45, 2.75) is 35.6 Å². The number of amides is 3. The molecule has 9 heteroatoms. The van der Waals surface area contributed by atoms with E-state index in [9.17, 15) is 14.4 Å². The third-order valence-corrected chi connectivity index (χ3v) is 7.35. The van der Waals surface area contributed by atoms with Gasteiger partial charge in [-0.25, -0.2) is 0 Å². The highest BCUT2D eigenvalue weighted by atomic mass is 32.2. The van der Waals surface area contributed by atoms with Crippen LogP contribution in [0.1, 0.15) is 12.0 Å². The lowest BCUT2D eigenvalue weighted by Crippen LogP contribution is -2.72. The van der Waals surface area contributed by atoms with Gasteiger partial charge >= 0.3 is 0 Å². The molecule has 2 heterocycles. The van der Waals surface area contributed by atoms with Gasteiger partial charge in [-0.2, -0.15) is 0 Å². The fraction of sp³-hybridized carbons (Fsp3) is 0.222. The lowest BCUT2D eigenvalue weighted by molar-refractivity contribution is -0.144. The summed E-state index contributed by atoms with van der Waals surface area (Å²) in [7, 11) is 0. The van der Waals surface area contributed by atoms with Gasteiger partial charge in [0.2, 0.25) is 17.7 Å². The molecule has 2 fully saturated rings. The Morgan fingerprint density at radius 3 is 2.42 bits per heavy atom. The van der Waals surface area contributed by atoms with E-state index in [0.29, 0.717) is 5.69 Å². The Balaban J connectivity index is 1.30. The maximum atomic E-state index is 13.4. The van der Waals surface area contributed by atoms with Crippen LogP contribution in [-0.2, 0) is 14.4 Å². The highest BCUT2D eigenvalue weighted by Gasteiger charge is 2.48. The van der Waals surface area contributed by atoms with Gasteiger partial charge in [-0.05, 0) is 43.3 Å². The molecule has 2 aliphatic rings. The summed E-state index contributed by atoms with van der Waals surface area (Å²) in [6.45, 7) is 2.00. The molecule has 8 nitrogen and oxygen atoms in total. The Kier molecular flexibility index (Phi) is 6.92. The van der Waals surface area contributed by atoms with E-state index in [1.54, 1.807) is 0 Å². The number of aryl methyl sites for hydroxylation is 1. The van der Waals surface area contributed by atoms with E-state index in [0.717, 1.165) is 21.0 Å². The zero-order chi connectivity index (χ0) is 25.1. The highest BCUT2D eigenvalue weighted by Crippen LogP contribution is 2.34. The molecule has 5 rings (SSSR count). The fourth-order valence-corrected chi connectivity index (χ4v) is 5.39. The molecule has 0 spiro atoms. The van der Waals surface area contributed by atoms with Gasteiger partial charge in [0.05, 0.1) is 23.7 Å². The quantitative estimate of drug-likeness (QED) is 0.355. The van der Waals surface area contributed by atoms with E-state index >= 15 is 0 Å². The van der Waals surface area contributed by atoms with Gasteiger partial charge in [0.15, 0.2) is 6.29 Å². The number of rotatable bonds is 6. The van der Waals surface area contributed by atoms with Crippen LogP contribution in [0.3, 0.4) is 0 Å². The number of fused-ring (bicyclic) bond motifs is 1. The maximum Gasteiger partial charge on any atom is 0.229 e. The Hall–Kier alpha value is -3.82. The van der Waals surface area contributed by atoms with E-state index in [1.165, 1.54) is 11.8 Å². The Morgan fingerprint density at radius 1 is 0.917 bits per heavy atom. The third kappa shape index (κ3) is 5.37. The number of carbonyl (C=O) groups excluding carboxylic acids is 3. The number of para-hydroxylation sites is 1. The van der Waals surface area contributed by atoms with E-state index in [4.69, 9.17) is 0 Å². The topological polar surface area (TPSA) is 111 Å². The van der Waals surface area contributed by atoms with Crippen LogP contribution in [0.25, 0.3) is 0 Å². The summed E-state index contributed by atoms with van der Waals surface area (Å²) in [5, 5.41) is 15.1. The summed E-state index contributed by atoms with van der Waals surface area (Å²) >= 11 is 1.53. The zero-order valence-electron chi connectivity index (χ0n) is 19.7. The van der Waals surface area contributed by atoms with Crippen LogP contribution in [0.15, 0.2) is 88.7 Å². The summed E-state index contributed by atoms with van der Waals surface area (Å²) in [6, 6.07) is 25.1. The van der Waals surface area contributed by atoms with E-state index < -0.39 is 24.3 Å². The number of anilines is 2. The predicted octanol–water partition coefficient (Wildman–Crippen LogP) is 3.28. The summed E-state index contributed by atoms with van der Waals surface area (Å²) in [4.78, 5) is 41.0. The molecular formula is C27H27N5O3S. The standard InChI is InChI=1S/C27H27N5O3S/c1-16-11-13-17(14-12-16)28-27-31-24-23(26(35)32-27)19(15-22(33)30-24)25(34)29-20-9-5-6-10-21(20)36-18-7-3-2-4-8-18/h2-14,19,23-24,27-28,31H,15H2,1H3,(H,29,34)(H,30,33)(H,32,35). The van der Waals surface area contributed by atoms with Crippen molar-refractivity contribution >= 4 is 40.9 Å². The zero-order valence-corrected chi connectivity index (χ0v) is 20.5. The number of nitrogens with one attached hydrogen (secondary N) is 5. The van der Waals surface area contributed by atoms with Crippen LogP contribution in [-0.4, -0.2) is 30.2 Å². The van der Waals surface area contributed by atoms with Crippen LogP contribution in [0.2, 0.25) is 0 Å². The highest BCUT2D eigenvalue weighted by molar-refractivity contribution is 7.99. The Labute approximate surface area is 213 Å². The minimum absolute atomic E-state index is 0.0633. The van der Waals surface area contributed by atoms with Crippen LogP contribution in [0, 0.1) is 18.8 Å². The molecule has 4 unspecified atom stereocenters. The monoisotopic (exact) mass is 501 g/mol. The van der Waals surface area contributed by atoms with Crippen molar-refractivity contribution in [3.8, 4) is 0 Å². The van der Waals surface area contributed by atoms with E-state index in [2.05, 4.69) is 26.6 Å². The molecule has 4 atom stereocenters. The van der Waals surface area contributed by atoms with Crippen molar-refractivity contribution in [1.82, 2.24) is 16.0 Å². The Morgan fingerprint density at radius 2 is 1.64 bits per heavy atom. The molecule has 2 aliphatic heterocycles. The molecule has 184 valence electrons. The molecule has 0 radical (unpaired) electrons. The first-order valence-corrected chi connectivity index (χ1v) is 12.6. The second kappa shape index (κ2) is 10.4. The average molecular weight is 502 g/mol. The van der Waals surface area contributed by atoms with E-state index in [-0.39, 0.29) is 24.1 Å². The van der Waals surface area contributed by atoms with Crippen LogP contribution < -0.4 is 26.6 Å². The van der Waals surface area contributed by atoms with Crippen molar-refractivity contribution in [2.24, 2.45) is 11.8 Å². The first-order chi connectivity index (χ1) is 17.5. The number of benzene rings is 3. The SMILES string of the molecule is Cc1ccc(NC2NC(=O)C3C(NC(=O)CC3C(=O)Nc3ccccc3Sc3ccccc3)N2)cc1. The van der Waals surface area contributed by atoms with Gasteiger partial charge in [0, 0.05) is 21.9 Å². The fourth-order valence-electron chi connectivity index (χ4n) is 4.47. The van der Waals surface area contributed by atoms with Gasteiger partial charge in [0.25, 0.3) is 0 Å². The molecule has 0 aromatic heterocycles. The molecule has 3 amide bonds. The van der Waals surface area contributed by atoms with Crippen molar-refractivity contribution in [3.05, 3.63) is 84.4 Å². The van der Waals surface area contributed by atoms with Crippen molar-refractivity contribution in [3.63, 3.8) is 0 Å². The molecule has 0 saturated carbocycles. The van der Waals surface area contributed by atoms with E-state index in [1.807, 2.05) is 85.8 Å². The van der Waals surface area contributed by atoms with Crippen molar-refractivity contribution in [1.29, 1.82) is 0 Å². The van der Waals surface area contributed by atoms with Crippen LogP contribution in [0.5, 0.6) is 0 Å². The molecule has 3 aromatic carbocycles. The smallest absolute Gasteiger partial charge is 0.229 e. The maximum absolute atomic E-state index is 13.4. The first kappa shape index (κ1) is 23.9. The second-order valence-corrected chi connectivity index (χ2v) is 10.0. The van der Waals surface area contributed by atoms with Crippen molar-refractivity contribution in [2.75, 3.05) is 10.6 Å². The van der Waals surface area contributed by atoms with Gasteiger partial charge < -0.3 is 21.3 Å². The lowest BCUT2D eigenvalue weighted by Gasteiger charge is -2.43. The number of piperidine rings is 1. The van der Waals surface area contributed by atoms with Crippen LogP contribution >= 0.6 is 11.8 Å². The number of hydrogen-bond donors (Lipinski definition) is 5. The number of hydrogen-bond acceptors (Lipinski definition) is 6. The average Bonchev–Trinajstić information content (AvgIpc) is 2.86. The summed E-state index contributed by atoms with van der Waals surface area (Å²) in [5.41, 5.74) is 2.58. The molecular weight excluding hydrogens is 474 g/mol. The molecule has 0 bridgehead atoms. The Bertz CT molecular complexity index is 1270. The van der Waals surface area contributed by atoms with Gasteiger partial charge in [-0.15, -0.1) is 0 Å².